The summed E-state index contributed by atoms with van der Waals surface area (Å²) in [6.07, 6.45) is 2.23. The lowest BCUT2D eigenvalue weighted by Crippen LogP contribution is -2.38. The number of phenols is 1. The first kappa shape index (κ1) is 18.9. The smallest absolute Gasteiger partial charge is 0.193 e. The highest BCUT2D eigenvalue weighted by Gasteiger charge is 2.06. The SMILES string of the molecule is CCCCN(C)C(=NC)NCc1ccc(O)c(F)c1.I. The third-order valence-electron chi connectivity index (χ3n) is 2.88. The monoisotopic (exact) mass is 395 g/mol. The van der Waals surface area contributed by atoms with Crippen LogP contribution in [-0.4, -0.2) is 36.6 Å². The lowest BCUT2D eigenvalue weighted by molar-refractivity contribution is 0.431. The van der Waals surface area contributed by atoms with Gasteiger partial charge in [0.15, 0.2) is 17.5 Å². The van der Waals surface area contributed by atoms with E-state index in [0.717, 1.165) is 30.9 Å². The lowest BCUT2D eigenvalue weighted by atomic mass is 10.2. The summed E-state index contributed by atoms with van der Waals surface area (Å²) in [5.74, 6) is -0.149. The van der Waals surface area contributed by atoms with Gasteiger partial charge in [0.2, 0.25) is 0 Å². The fourth-order valence-electron chi connectivity index (χ4n) is 1.73. The number of aliphatic imine (C=N–C) groups is 1. The maximum absolute atomic E-state index is 13.2. The van der Waals surface area contributed by atoms with E-state index < -0.39 is 5.82 Å². The molecule has 6 heteroatoms. The molecular formula is C14H23FIN3O. The molecule has 0 spiro atoms. The molecule has 0 aliphatic rings. The van der Waals surface area contributed by atoms with E-state index in [2.05, 4.69) is 17.2 Å². The van der Waals surface area contributed by atoms with E-state index in [1.807, 2.05) is 11.9 Å². The van der Waals surface area contributed by atoms with Gasteiger partial charge in [-0.2, -0.15) is 0 Å². The second-order valence-electron chi connectivity index (χ2n) is 4.46. The molecule has 4 nitrogen and oxygen atoms in total. The average molecular weight is 395 g/mol. The Kier molecular flexibility index (Phi) is 9.28. The Hall–Kier alpha value is -1.05. The zero-order valence-corrected chi connectivity index (χ0v) is 14.5. The number of phenolic OH excluding ortho intramolecular Hbond substituents is 1. The number of hydrogen-bond acceptors (Lipinski definition) is 2. The molecule has 0 radical (unpaired) electrons. The topological polar surface area (TPSA) is 47.9 Å². The van der Waals surface area contributed by atoms with Crippen molar-refractivity contribution in [2.24, 2.45) is 4.99 Å². The number of halogens is 2. The molecule has 1 aromatic carbocycles. The maximum Gasteiger partial charge on any atom is 0.193 e. The minimum absolute atomic E-state index is 0. The highest BCUT2D eigenvalue weighted by atomic mass is 127. The number of nitrogens with zero attached hydrogens (tertiary/aromatic N) is 2. The highest BCUT2D eigenvalue weighted by Crippen LogP contribution is 2.15. The van der Waals surface area contributed by atoms with Gasteiger partial charge in [0, 0.05) is 27.2 Å². The van der Waals surface area contributed by atoms with Crippen molar-refractivity contribution in [2.75, 3.05) is 20.6 Å². The van der Waals surface area contributed by atoms with E-state index in [4.69, 9.17) is 5.11 Å². The molecule has 0 aliphatic heterocycles. The van der Waals surface area contributed by atoms with Crippen LogP contribution in [0.3, 0.4) is 0 Å². The second kappa shape index (κ2) is 9.79. The molecule has 1 aromatic rings. The third-order valence-corrected chi connectivity index (χ3v) is 2.88. The first-order valence-electron chi connectivity index (χ1n) is 6.47. The van der Waals surface area contributed by atoms with Crippen molar-refractivity contribution in [3.05, 3.63) is 29.6 Å². The summed E-state index contributed by atoms with van der Waals surface area (Å²) < 4.78 is 13.2. The maximum atomic E-state index is 13.2. The van der Waals surface area contributed by atoms with Crippen LogP contribution in [0.5, 0.6) is 5.75 Å². The van der Waals surface area contributed by atoms with E-state index >= 15 is 0 Å². The van der Waals surface area contributed by atoms with Crippen LogP contribution in [0.2, 0.25) is 0 Å². The van der Waals surface area contributed by atoms with Crippen LogP contribution >= 0.6 is 24.0 Å². The zero-order valence-electron chi connectivity index (χ0n) is 12.2. The summed E-state index contributed by atoms with van der Waals surface area (Å²) in [4.78, 5) is 6.23. The van der Waals surface area contributed by atoms with E-state index in [1.54, 1.807) is 13.1 Å². The Labute approximate surface area is 137 Å². The van der Waals surface area contributed by atoms with Crippen LogP contribution < -0.4 is 5.32 Å². The van der Waals surface area contributed by atoms with E-state index in [9.17, 15) is 4.39 Å². The standard InChI is InChI=1S/C14H22FN3O.HI/c1-4-5-8-18(3)14(16-2)17-10-11-6-7-13(19)12(15)9-11;/h6-7,9,19H,4-5,8,10H2,1-3H3,(H,16,17);1H. The number of nitrogens with one attached hydrogen (secondary N) is 1. The molecule has 0 saturated heterocycles. The van der Waals surface area contributed by atoms with Crippen LogP contribution in [0.25, 0.3) is 0 Å². The van der Waals surface area contributed by atoms with Crippen LogP contribution in [0.15, 0.2) is 23.2 Å². The summed E-state index contributed by atoms with van der Waals surface area (Å²) in [6, 6.07) is 4.36. The largest absolute Gasteiger partial charge is 0.505 e. The number of guanidine groups is 1. The van der Waals surface area contributed by atoms with Crippen molar-refractivity contribution in [3.63, 3.8) is 0 Å². The average Bonchev–Trinajstić information content (AvgIpc) is 2.41. The first-order chi connectivity index (χ1) is 9.08. The number of hydrogen-bond donors (Lipinski definition) is 2. The van der Waals surface area contributed by atoms with Crippen LogP contribution in [0, 0.1) is 5.82 Å². The van der Waals surface area contributed by atoms with Gasteiger partial charge in [-0.15, -0.1) is 24.0 Å². The lowest BCUT2D eigenvalue weighted by Gasteiger charge is -2.21. The molecule has 0 saturated carbocycles. The molecule has 1 rings (SSSR count). The third kappa shape index (κ3) is 5.94. The van der Waals surface area contributed by atoms with Crippen LogP contribution in [-0.2, 0) is 6.54 Å². The van der Waals surface area contributed by atoms with Crippen molar-refractivity contribution in [1.29, 1.82) is 0 Å². The summed E-state index contributed by atoms with van der Waals surface area (Å²) in [5.41, 5.74) is 0.764. The van der Waals surface area contributed by atoms with Gasteiger partial charge in [0.1, 0.15) is 0 Å². The van der Waals surface area contributed by atoms with E-state index in [0.29, 0.717) is 6.54 Å². The Morgan fingerprint density at radius 2 is 2.15 bits per heavy atom. The van der Waals surface area contributed by atoms with Crippen molar-refractivity contribution < 1.29 is 9.50 Å². The van der Waals surface area contributed by atoms with Gasteiger partial charge in [0.25, 0.3) is 0 Å². The number of rotatable bonds is 5. The van der Waals surface area contributed by atoms with Gasteiger partial charge >= 0.3 is 0 Å². The van der Waals surface area contributed by atoms with Gasteiger partial charge in [-0.25, -0.2) is 4.39 Å². The summed E-state index contributed by atoms with van der Waals surface area (Å²) >= 11 is 0. The molecular weight excluding hydrogens is 372 g/mol. The fourth-order valence-corrected chi connectivity index (χ4v) is 1.73. The number of benzene rings is 1. The molecule has 0 amide bonds. The van der Waals surface area contributed by atoms with Gasteiger partial charge in [-0.05, 0) is 24.1 Å². The molecule has 2 N–H and O–H groups in total. The molecule has 20 heavy (non-hydrogen) atoms. The Bertz CT molecular complexity index is 440. The van der Waals surface area contributed by atoms with Gasteiger partial charge in [-0.1, -0.05) is 19.4 Å². The predicted octanol–water partition coefficient (Wildman–Crippen LogP) is 2.96. The quantitative estimate of drug-likeness (QED) is 0.458. The highest BCUT2D eigenvalue weighted by molar-refractivity contribution is 14.0. The molecule has 0 heterocycles. The van der Waals surface area contributed by atoms with Crippen LogP contribution in [0.4, 0.5) is 4.39 Å². The minimum atomic E-state index is -0.603. The second-order valence-corrected chi connectivity index (χ2v) is 4.46. The normalized spacial score (nSPS) is 10.9. The van der Waals surface area contributed by atoms with Gasteiger partial charge in [-0.3, -0.25) is 4.99 Å². The van der Waals surface area contributed by atoms with Crippen molar-refractivity contribution in [1.82, 2.24) is 10.2 Å². The summed E-state index contributed by atoms with van der Waals surface area (Å²) in [6.45, 7) is 3.55. The molecule has 114 valence electrons. The molecule has 0 atom stereocenters. The molecule has 0 aliphatic carbocycles. The molecule has 0 unspecified atom stereocenters. The van der Waals surface area contributed by atoms with Crippen molar-refractivity contribution in [2.45, 2.75) is 26.3 Å². The van der Waals surface area contributed by atoms with E-state index in [-0.39, 0.29) is 29.7 Å². The van der Waals surface area contributed by atoms with Crippen molar-refractivity contribution >= 4 is 29.9 Å². The molecule has 0 aromatic heterocycles. The fraction of sp³-hybridized carbons (Fsp3) is 0.500. The van der Waals surface area contributed by atoms with Crippen molar-refractivity contribution in [3.8, 4) is 5.75 Å². The Balaban J connectivity index is 0.00000361. The predicted molar refractivity (Wildman–Crippen MR) is 91.2 cm³/mol. The Morgan fingerprint density at radius 1 is 1.45 bits per heavy atom. The number of unbranched alkanes of at least 4 members (excludes halogenated alkanes) is 1. The minimum Gasteiger partial charge on any atom is -0.505 e. The van der Waals surface area contributed by atoms with Gasteiger partial charge in [0.05, 0.1) is 0 Å². The van der Waals surface area contributed by atoms with Gasteiger partial charge < -0.3 is 15.3 Å². The Morgan fingerprint density at radius 3 is 2.70 bits per heavy atom. The summed E-state index contributed by atoms with van der Waals surface area (Å²) in [7, 11) is 3.70. The van der Waals surface area contributed by atoms with E-state index in [1.165, 1.54) is 12.1 Å². The first-order valence-corrected chi connectivity index (χ1v) is 6.47. The number of aromatic hydroxyl groups is 1. The zero-order chi connectivity index (χ0) is 14.3. The molecule has 0 bridgehead atoms. The summed E-state index contributed by atoms with van der Waals surface area (Å²) in [5, 5.41) is 12.3. The molecule has 0 fully saturated rings. The van der Waals surface area contributed by atoms with Crippen LogP contribution in [0.1, 0.15) is 25.3 Å².